The molecule has 0 unspecified atom stereocenters. The molecule has 2 aromatic carbocycles. The van der Waals surface area contributed by atoms with E-state index in [2.05, 4.69) is 0 Å². The molecule has 36 heavy (non-hydrogen) atoms. The van der Waals surface area contributed by atoms with Crippen molar-refractivity contribution >= 4 is 46.1 Å². The Morgan fingerprint density at radius 1 is 1.03 bits per heavy atom. The lowest BCUT2D eigenvalue weighted by molar-refractivity contribution is -0.385. The maximum absolute atomic E-state index is 12.8. The van der Waals surface area contributed by atoms with Crippen LogP contribution in [-0.4, -0.2) is 45.3 Å². The van der Waals surface area contributed by atoms with Gasteiger partial charge in [0.05, 0.1) is 40.0 Å². The number of non-ortho nitro benzene ring substituents is 2. The summed E-state index contributed by atoms with van der Waals surface area (Å²) < 4.78 is 10.9. The number of imide groups is 1. The molecule has 1 saturated heterocycles. The number of nitro benzene ring substituents is 2. The van der Waals surface area contributed by atoms with E-state index in [9.17, 15) is 34.6 Å². The Labute approximate surface area is 206 Å². The molecule has 4 rings (SSSR count). The van der Waals surface area contributed by atoms with Gasteiger partial charge in [-0.25, -0.2) is 0 Å². The number of methoxy groups -OCH3 is 1. The minimum Gasteiger partial charge on any atom is -0.496 e. The van der Waals surface area contributed by atoms with Crippen molar-refractivity contribution < 1.29 is 33.4 Å². The first-order valence-corrected chi connectivity index (χ1v) is 10.9. The average molecular weight is 509 g/mol. The molecule has 0 N–H and O–H groups in total. The third kappa shape index (κ3) is 4.86. The van der Waals surface area contributed by atoms with Crippen molar-refractivity contribution in [2.24, 2.45) is 0 Å². The van der Waals surface area contributed by atoms with Crippen molar-refractivity contribution in [1.82, 2.24) is 4.90 Å². The van der Waals surface area contributed by atoms with Gasteiger partial charge in [0.25, 0.3) is 22.5 Å². The number of hydrogen-bond donors (Lipinski definition) is 0. The molecule has 0 radical (unpaired) electrons. The summed E-state index contributed by atoms with van der Waals surface area (Å²) in [5, 5.41) is 21.1. The highest BCUT2D eigenvalue weighted by Gasteiger charge is 2.36. The number of ketones is 1. The zero-order chi connectivity index (χ0) is 26.0. The number of amides is 2. The summed E-state index contributed by atoms with van der Waals surface area (Å²) in [6.07, 6.45) is 1.35. The summed E-state index contributed by atoms with van der Waals surface area (Å²) in [5.74, 6) is -0.474. The second kappa shape index (κ2) is 9.84. The highest BCUT2D eigenvalue weighted by Crippen LogP contribution is 2.36. The number of benzene rings is 2. The van der Waals surface area contributed by atoms with Gasteiger partial charge in [-0.2, -0.15) is 0 Å². The summed E-state index contributed by atoms with van der Waals surface area (Å²) in [5.41, 5.74) is 0.227. The van der Waals surface area contributed by atoms with Crippen LogP contribution >= 0.6 is 11.8 Å². The van der Waals surface area contributed by atoms with Crippen LogP contribution in [0.4, 0.5) is 16.2 Å². The summed E-state index contributed by atoms with van der Waals surface area (Å²) in [7, 11) is 1.36. The Balaban J connectivity index is 1.51. The fourth-order valence-corrected chi connectivity index (χ4v) is 4.16. The number of furan rings is 1. The monoisotopic (exact) mass is 509 g/mol. The van der Waals surface area contributed by atoms with Gasteiger partial charge in [0.15, 0.2) is 5.78 Å². The van der Waals surface area contributed by atoms with Crippen LogP contribution in [0.25, 0.3) is 17.4 Å². The summed E-state index contributed by atoms with van der Waals surface area (Å²) >= 11 is 0.635. The molecule has 3 aromatic rings. The number of hydrogen-bond acceptors (Lipinski definition) is 10. The molecule has 0 aliphatic carbocycles. The highest BCUT2D eigenvalue weighted by atomic mass is 32.2. The van der Waals surface area contributed by atoms with Gasteiger partial charge in [0.2, 0.25) is 0 Å². The lowest BCUT2D eigenvalue weighted by Crippen LogP contribution is -2.33. The molecule has 1 aliphatic heterocycles. The summed E-state index contributed by atoms with van der Waals surface area (Å²) in [6.45, 7) is -0.525. The van der Waals surface area contributed by atoms with Gasteiger partial charge in [0.1, 0.15) is 17.3 Å². The zero-order valence-corrected chi connectivity index (χ0v) is 19.2. The van der Waals surface area contributed by atoms with Crippen LogP contribution in [0.1, 0.15) is 16.1 Å². The summed E-state index contributed by atoms with van der Waals surface area (Å²) in [6, 6.07) is 12.0. The van der Waals surface area contributed by atoms with Crippen LogP contribution in [0.3, 0.4) is 0 Å². The predicted octanol–water partition coefficient (Wildman–Crippen LogP) is 4.69. The number of thioether (sulfide) groups is 1. The molecule has 0 spiro atoms. The van der Waals surface area contributed by atoms with Gasteiger partial charge < -0.3 is 9.15 Å². The lowest BCUT2D eigenvalue weighted by Gasteiger charge is -2.11. The third-order valence-electron chi connectivity index (χ3n) is 5.14. The SMILES string of the molecule is COc1cc([N+](=O)[O-])ccc1-c1ccc(/C=C2/SC(=O)N(CC(=O)c3ccc([N+](=O)[O-])cc3)C2=O)o1. The predicted molar refractivity (Wildman–Crippen MR) is 127 cm³/mol. The minimum atomic E-state index is -0.689. The molecule has 1 aromatic heterocycles. The van der Waals surface area contributed by atoms with E-state index in [1.165, 1.54) is 43.5 Å². The van der Waals surface area contributed by atoms with Crippen LogP contribution in [-0.2, 0) is 4.79 Å². The minimum absolute atomic E-state index is 0.0352. The Kier molecular flexibility index (Phi) is 6.65. The third-order valence-corrected chi connectivity index (χ3v) is 6.04. The van der Waals surface area contributed by atoms with E-state index in [-0.39, 0.29) is 33.4 Å². The van der Waals surface area contributed by atoms with Crippen molar-refractivity contribution in [3.05, 3.63) is 91.1 Å². The van der Waals surface area contributed by atoms with Gasteiger partial charge in [-0.1, -0.05) is 0 Å². The molecule has 0 bridgehead atoms. The van der Waals surface area contributed by atoms with E-state index in [0.29, 0.717) is 23.1 Å². The van der Waals surface area contributed by atoms with E-state index in [0.717, 1.165) is 17.0 Å². The van der Waals surface area contributed by atoms with Crippen molar-refractivity contribution in [2.75, 3.05) is 13.7 Å². The molecule has 12 nitrogen and oxygen atoms in total. The molecule has 0 atom stereocenters. The van der Waals surface area contributed by atoms with E-state index in [1.54, 1.807) is 12.1 Å². The highest BCUT2D eigenvalue weighted by molar-refractivity contribution is 8.18. The fourth-order valence-electron chi connectivity index (χ4n) is 3.34. The molecular formula is C23H15N3O9S. The van der Waals surface area contributed by atoms with Crippen LogP contribution in [0.2, 0.25) is 0 Å². The number of ether oxygens (including phenoxy) is 1. The first kappa shape index (κ1) is 24.3. The van der Waals surface area contributed by atoms with Gasteiger partial charge >= 0.3 is 0 Å². The van der Waals surface area contributed by atoms with Gasteiger partial charge in [-0.15, -0.1) is 0 Å². The maximum Gasteiger partial charge on any atom is 0.293 e. The van der Waals surface area contributed by atoms with Gasteiger partial charge in [-0.05, 0) is 42.1 Å². The number of carbonyl (C=O) groups is 3. The normalized spacial score (nSPS) is 14.4. The molecule has 13 heteroatoms. The molecule has 0 saturated carbocycles. The largest absolute Gasteiger partial charge is 0.496 e. The number of rotatable bonds is 8. The van der Waals surface area contributed by atoms with Crippen molar-refractivity contribution in [1.29, 1.82) is 0 Å². The van der Waals surface area contributed by atoms with Crippen LogP contribution in [0.5, 0.6) is 5.75 Å². The summed E-state index contributed by atoms with van der Waals surface area (Å²) in [4.78, 5) is 59.1. The number of Topliss-reactive ketones (excluding diaryl/α,β-unsaturated/α-hetero) is 1. The molecule has 182 valence electrons. The van der Waals surface area contributed by atoms with Gasteiger partial charge in [-0.3, -0.25) is 39.5 Å². The Bertz CT molecular complexity index is 1440. The number of carbonyl (C=O) groups excluding carboxylic acids is 3. The average Bonchev–Trinajstić information content (AvgIpc) is 3.43. The Morgan fingerprint density at radius 3 is 2.33 bits per heavy atom. The molecule has 2 heterocycles. The van der Waals surface area contributed by atoms with E-state index < -0.39 is 33.3 Å². The van der Waals surface area contributed by atoms with E-state index in [1.807, 2.05) is 0 Å². The first-order valence-electron chi connectivity index (χ1n) is 10.1. The number of nitro groups is 2. The van der Waals surface area contributed by atoms with Crippen molar-refractivity contribution in [3.63, 3.8) is 0 Å². The topological polar surface area (TPSA) is 163 Å². The van der Waals surface area contributed by atoms with E-state index in [4.69, 9.17) is 9.15 Å². The Hall–Kier alpha value is -4.78. The first-order chi connectivity index (χ1) is 17.2. The molecular weight excluding hydrogens is 494 g/mol. The van der Waals surface area contributed by atoms with Gasteiger partial charge in [0, 0.05) is 29.8 Å². The van der Waals surface area contributed by atoms with E-state index >= 15 is 0 Å². The smallest absolute Gasteiger partial charge is 0.293 e. The van der Waals surface area contributed by atoms with Crippen molar-refractivity contribution in [3.8, 4) is 17.1 Å². The quantitative estimate of drug-likeness (QED) is 0.180. The Morgan fingerprint density at radius 2 is 1.69 bits per heavy atom. The second-order valence-electron chi connectivity index (χ2n) is 7.34. The second-order valence-corrected chi connectivity index (χ2v) is 8.33. The zero-order valence-electron chi connectivity index (χ0n) is 18.4. The molecule has 1 aliphatic rings. The lowest BCUT2D eigenvalue weighted by atomic mass is 10.1. The molecule has 2 amide bonds. The molecule has 1 fully saturated rings. The fraction of sp³-hybridized carbons (Fsp3) is 0.0870. The maximum atomic E-state index is 12.8. The standard InChI is InChI=1S/C23H15N3O9S/c1-34-20-10-15(26(32)33)6-8-17(20)19-9-7-16(35-19)11-21-22(28)24(23(29)36-21)12-18(27)13-2-4-14(5-3-13)25(30)31/h2-11H,12H2,1H3/b21-11+. The van der Waals surface area contributed by atoms with Crippen LogP contribution < -0.4 is 4.74 Å². The number of nitrogens with zero attached hydrogens (tertiary/aromatic N) is 3. The van der Waals surface area contributed by atoms with Crippen LogP contribution in [0.15, 0.2) is 63.9 Å². The van der Waals surface area contributed by atoms with Crippen molar-refractivity contribution in [2.45, 2.75) is 0 Å². The van der Waals surface area contributed by atoms with Crippen LogP contribution in [0, 0.1) is 20.2 Å².